The maximum atomic E-state index is 4.12. The first-order valence-corrected chi connectivity index (χ1v) is 4.44. The second kappa shape index (κ2) is 3.88. The molecule has 0 saturated carbocycles. The molecule has 0 aliphatic rings. The number of rotatable bonds is 2. The molecule has 1 atom stereocenters. The maximum absolute atomic E-state index is 4.12. The second-order valence-corrected chi connectivity index (χ2v) is 4.42. The maximum Gasteiger partial charge on any atom is 0.0273 e. The van der Waals surface area contributed by atoms with E-state index in [-0.39, 0.29) is 10.8 Å². The van der Waals surface area contributed by atoms with E-state index in [9.17, 15) is 0 Å². The van der Waals surface area contributed by atoms with Crippen molar-refractivity contribution in [2.24, 2.45) is 15.8 Å². The molecule has 0 spiro atoms. The molecular weight excluding hydrogens is 146 g/mol. The van der Waals surface area contributed by atoms with Crippen LogP contribution in [0.5, 0.6) is 0 Å². The highest BCUT2D eigenvalue weighted by Gasteiger charge is 2.32. The highest BCUT2D eigenvalue weighted by molar-refractivity contribution is 5.69. The van der Waals surface area contributed by atoms with Crippen LogP contribution >= 0.6 is 0 Å². The number of allylic oxidation sites excluding steroid dienone is 2. The van der Waals surface area contributed by atoms with Gasteiger partial charge in [0.05, 0.1) is 0 Å². The minimum Gasteiger partial charge on any atom is -0.300 e. The van der Waals surface area contributed by atoms with Crippen LogP contribution < -0.4 is 0 Å². The highest BCUT2D eigenvalue weighted by Crippen LogP contribution is 2.37. The molecule has 0 aliphatic carbocycles. The van der Waals surface area contributed by atoms with Crippen molar-refractivity contribution in [1.29, 1.82) is 0 Å². The van der Waals surface area contributed by atoms with Crippen molar-refractivity contribution < 1.29 is 0 Å². The van der Waals surface area contributed by atoms with Crippen molar-refractivity contribution in [3.05, 3.63) is 12.2 Å². The number of hydrogen-bond acceptors (Lipinski definition) is 1. The summed E-state index contributed by atoms with van der Waals surface area (Å²) in [5.41, 5.74) is 0.287. The first-order chi connectivity index (χ1) is 5.37. The van der Waals surface area contributed by atoms with Gasteiger partial charge in [-0.1, -0.05) is 39.8 Å². The first-order valence-electron chi connectivity index (χ1n) is 4.44. The van der Waals surface area contributed by atoms with Gasteiger partial charge < -0.3 is 0 Å². The van der Waals surface area contributed by atoms with Gasteiger partial charge in [-0.2, -0.15) is 0 Å². The van der Waals surface area contributed by atoms with E-state index in [1.54, 1.807) is 0 Å². The van der Waals surface area contributed by atoms with Gasteiger partial charge in [0.25, 0.3) is 0 Å². The van der Waals surface area contributed by atoms with Crippen LogP contribution in [-0.2, 0) is 0 Å². The fourth-order valence-electron chi connectivity index (χ4n) is 1.10. The van der Waals surface area contributed by atoms with Crippen LogP contribution in [0.1, 0.15) is 34.6 Å². The third-order valence-electron chi connectivity index (χ3n) is 2.53. The molecule has 70 valence electrons. The summed E-state index contributed by atoms with van der Waals surface area (Å²) in [5.74, 6) is 0. The Morgan fingerprint density at radius 1 is 1.08 bits per heavy atom. The van der Waals surface area contributed by atoms with Gasteiger partial charge in [-0.25, -0.2) is 0 Å². The molecule has 1 heteroatoms. The van der Waals surface area contributed by atoms with Crippen molar-refractivity contribution in [3.63, 3.8) is 0 Å². The van der Waals surface area contributed by atoms with Crippen molar-refractivity contribution in [3.8, 4) is 0 Å². The van der Waals surface area contributed by atoms with Gasteiger partial charge in [0, 0.05) is 18.7 Å². The lowest BCUT2D eigenvalue weighted by Gasteiger charge is -2.36. The van der Waals surface area contributed by atoms with Gasteiger partial charge in [0.2, 0.25) is 0 Å². The monoisotopic (exact) mass is 167 g/mol. The Bertz CT molecular complexity index is 170. The van der Waals surface area contributed by atoms with Crippen LogP contribution in [0.15, 0.2) is 17.1 Å². The lowest BCUT2D eigenvalue weighted by atomic mass is 9.68. The van der Waals surface area contributed by atoms with Crippen LogP contribution in [0.3, 0.4) is 0 Å². The van der Waals surface area contributed by atoms with E-state index in [0.717, 1.165) is 0 Å². The standard InChI is InChI=1S/C11H21N/c1-7-8-11(5,9-12-6)10(2,3)4/h7-9H,1-6H3/b8-7-,12-9-. The van der Waals surface area contributed by atoms with Crippen molar-refractivity contribution in [2.45, 2.75) is 34.6 Å². The molecule has 1 nitrogen and oxygen atoms in total. The van der Waals surface area contributed by atoms with Crippen LogP contribution in [0.25, 0.3) is 0 Å². The van der Waals surface area contributed by atoms with Gasteiger partial charge in [-0.15, -0.1) is 0 Å². The van der Waals surface area contributed by atoms with E-state index in [2.05, 4.69) is 44.8 Å². The predicted molar refractivity (Wildman–Crippen MR) is 56.8 cm³/mol. The zero-order chi connectivity index (χ0) is 9.83. The average Bonchev–Trinajstić information content (AvgIpc) is 1.86. The fraction of sp³-hybridized carbons (Fsp3) is 0.727. The lowest BCUT2D eigenvalue weighted by Crippen LogP contribution is -2.32. The molecule has 0 aromatic rings. The normalized spacial score (nSPS) is 18.8. The van der Waals surface area contributed by atoms with Crippen molar-refractivity contribution >= 4 is 6.21 Å². The quantitative estimate of drug-likeness (QED) is 0.442. The zero-order valence-electron chi connectivity index (χ0n) is 9.18. The van der Waals surface area contributed by atoms with E-state index in [0.29, 0.717) is 0 Å². The molecule has 0 saturated heterocycles. The average molecular weight is 167 g/mol. The van der Waals surface area contributed by atoms with Crippen molar-refractivity contribution in [1.82, 2.24) is 0 Å². The van der Waals surface area contributed by atoms with Crippen molar-refractivity contribution in [2.75, 3.05) is 7.05 Å². The topological polar surface area (TPSA) is 12.4 Å². The summed E-state index contributed by atoms with van der Waals surface area (Å²) >= 11 is 0. The third kappa shape index (κ3) is 2.47. The number of hydrogen-bond donors (Lipinski definition) is 0. The molecule has 0 aromatic carbocycles. The summed E-state index contributed by atoms with van der Waals surface area (Å²) < 4.78 is 0. The molecule has 0 aromatic heterocycles. The molecule has 0 N–H and O–H groups in total. The Morgan fingerprint density at radius 3 is 1.83 bits per heavy atom. The zero-order valence-corrected chi connectivity index (χ0v) is 9.18. The summed E-state index contributed by atoms with van der Waals surface area (Å²) in [6.45, 7) is 10.9. The summed E-state index contributed by atoms with van der Waals surface area (Å²) in [5, 5.41) is 0. The molecular formula is C11H21N. The van der Waals surface area contributed by atoms with Gasteiger partial charge in [0.1, 0.15) is 0 Å². The van der Waals surface area contributed by atoms with E-state index >= 15 is 0 Å². The molecule has 0 aliphatic heterocycles. The second-order valence-electron chi connectivity index (χ2n) is 4.42. The predicted octanol–water partition coefficient (Wildman–Crippen LogP) is 3.32. The third-order valence-corrected chi connectivity index (χ3v) is 2.53. The summed E-state index contributed by atoms with van der Waals surface area (Å²) in [6.07, 6.45) is 6.32. The highest BCUT2D eigenvalue weighted by atomic mass is 14.7. The molecule has 0 bridgehead atoms. The van der Waals surface area contributed by atoms with E-state index in [1.165, 1.54) is 0 Å². The molecule has 0 fully saturated rings. The largest absolute Gasteiger partial charge is 0.300 e. The Labute approximate surface area is 76.6 Å². The molecule has 0 amide bonds. The van der Waals surface area contributed by atoms with E-state index in [4.69, 9.17) is 0 Å². The van der Waals surface area contributed by atoms with Gasteiger partial charge in [0.15, 0.2) is 0 Å². The first kappa shape index (κ1) is 11.4. The lowest BCUT2D eigenvalue weighted by molar-refractivity contribution is 0.256. The van der Waals surface area contributed by atoms with Crippen LogP contribution in [0, 0.1) is 10.8 Å². The molecule has 1 unspecified atom stereocenters. The SMILES string of the molecule is C/C=C\C(C)(/C=N\C)C(C)(C)C. The summed E-state index contributed by atoms with van der Waals surface area (Å²) in [7, 11) is 1.83. The Hall–Kier alpha value is -0.590. The smallest absolute Gasteiger partial charge is 0.0273 e. The van der Waals surface area contributed by atoms with Crippen LogP contribution in [-0.4, -0.2) is 13.3 Å². The molecule has 0 radical (unpaired) electrons. The van der Waals surface area contributed by atoms with Gasteiger partial charge in [-0.05, 0) is 12.3 Å². The Kier molecular flexibility index (Phi) is 3.69. The van der Waals surface area contributed by atoms with Crippen LogP contribution in [0.2, 0.25) is 0 Å². The minimum absolute atomic E-state index is 0.0660. The van der Waals surface area contributed by atoms with Gasteiger partial charge >= 0.3 is 0 Å². The molecule has 0 heterocycles. The Morgan fingerprint density at radius 2 is 1.58 bits per heavy atom. The van der Waals surface area contributed by atoms with Crippen LogP contribution in [0.4, 0.5) is 0 Å². The van der Waals surface area contributed by atoms with E-state index in [1.807, 2.05) is 20.2 Å². The molecule has 0 rings (SSSR count). The summed E-state index contributed by atoms with van der Waals surface area (Å²) in [4.78, 5) is 4.12. The Balaban J connectivity index is 4.87. The summed E-state index contributed by atoms with van der Waals surface area (Å²) in [6, 6.07) is 0. The number of aliphatic imine (C=N–C) groups is 1. The number of nitrogens with zero attached hydrogens (tertiary/aromatic N) is 1. The fourth-order valence-corrected chi connectivity index (χ4v) is 1.10. The molecule has 12 heavy (non-hydrogen) atoms. The minimum atomic E-state index is 0.0660. The van der Waals surface area contributed by atoms with Gasteiger partial charge in [-0.3, -0.25) is 4.99 Å². The van der Waals surface area contributed by atoms with E-state index < -0.39 is 0 Å².